The number of thiocarbonyl (C=S) groups is 1. The van der Waals surface area contributed by atoms with Gasteiger partial charge in [0.05, 0.1) is 17.8 Å². The summed E-state index contributed by atoms with van der Waals surface area (Å²) in [5, 5.41) is 4.32. The number of benzene rings is 1. The van der Waals surface area contributed by atoms with E-state index in [1.54, 1.807) is 0 Å². The topological polar surface area (TPSA) is 46.0 Å². The van der Waals surface area contributed by atoms with Crippen molar-refractivity contribution in [2.45, 2.75) is 39.0 Å². The fraction of sp³-hybridized carbons (Fsp3) is 0.222. The van der Waals surface area contributed by atoms with Crippen molar-refractivity contribution in [2.75, 3.05) is 0 Å². The second-order valence-electron chi connectivity index (χ2n) is 8.51. The lowest BCUT2D eigenvalue weighted by Gasteiger charge is -2.28. The first-order valence-electron chi connectivity index (χ1n) is 11.2. The Morgan fingerprint density at radius 2 is 1.61 bits per heavy atom. The highest BCUT2D eigenvalue weighted by Gasteiger charge is 2.41. The van der Waals surface area contributed by atoms with Crippen molar-refractivity contribution in [3.05, 3.63) is 119 Å². The van der Waals surface area contributed by atoms with Crippen LogP contribution in [0.5, 0.6) is 0 Å². The largest absolute Gasteiger partial charge is 0.352 e. The van der Waals surface area contributed by atoms with Crippen LogP contribution in [0.4, 0.5) is 0 Å². The molecular weight excluding hydrogens is 426 g/mol. The first-order valence-corrected chi connectivity index (χ1v) is 11.6. The van der Waals surface area contributed by atoms with E-state index in [0.717, 1.165) is 17.4 Å². The molecule has 4 aromatic rings. The van der Waals surface area contributed by atoms with Gasteiger partial charge in [0, 0.05) is 43.1 Å². The van der Waals surface area contributed by atoms with Crippen molar-refractivity contribution in [3.8, 4) is 0 Å². The summed E-state index contributed by atoms with van der Waals surface area (Å²) in [4.78, 5) is 11.1. The second-order valence-corrected chi connectivity index (χ2v) is 8.89. The molecule has 0 bridgehead atoms. The van der Waals surface area contributed by atoms with E-state index in [0.29, 0.717) is 6.54 Å². The Morgan fingerprint density at radius 1 is 0.879 bits per heavy atom. The van der Waals surface area contributed by atoms with Crippen LogP contribution >= 0.6 is 12.2 Å². The van der Waals surface area contributed by atoms with Gasteiger partial charge in [-0.3, -0.25) is 9.97 Å². The van der Waals surface area contributed by atoms with Gasteiger partial charge in [-0.2, -0.15) is 0 Å². The minimum Gasteiger partial charge on any atom is -0.352 e. The van der Waals surface area contributed by atoms with Gasteiger partial charge < -0.3 is 14.8 Å². The van der Waals surface area contributed by atoms with Crippen LogP contribution in [0, 0.1) is 13.8 Å². The van der Waals surface area contributed by atoms with Crippen LogP contribution < -0.4 is 5.32 Å². The second kappa shape index (κ2) is 9.16. The first kappa shape index (κ1) is 21.3. The SMILES string of the molecule is Cc1cc([C@@H]2[C@H](c3ccccn3)NC(=S)N2Cc2ccncc2)c(C)n1Cc1ccccc1. The molecule has 1 aliphatic heterocycles. The molecule has 2 atom stereocenters. The Balaban J connectivity index is 1.56. The Morgan fingerprint density at radius 3 is 2.33 bits per heavy atom. The van der Waals surface area contributed by atoms with Crippen molar-refractivity contribution in [1.82, 2.24) is 24.8 Å². The van der Waals surface area contributed by atoms with E-state index in [4.69, 9.17) is 12.2 Å². The quantitative estimate of drug-likeness (QED) is 0.411. The maximum atomic E-state index is 5.85. The highest BCUT2D eigenvalue weighted by molar-refractivity contribution is 7.80. The van der Waals surface area contributed by atoms with Gasteiger partial charge in [-0.05, 0) is 73.1 Å². The molecule has 0 radical (unpaired) electrons. The molecule has 1 N–H and O–H groups in total. The van der Waals surface area contributed by atoms with Gasteiger partial charge in [0.15, 0.2) is 5.11 Å². The number of aryl methyl sites for hydroxylation is 1. The minimum atomic E-state index is -0.0220. The zero-order valence-corrected chi connectivity index (χ0v) is 19.7. The minimum absolute atomic E-state index is 0.0220. The zero-order valence-electron chi connectivity index (χ0n) is 18.8. The summed E-state index contributed by atoms with van der Waals surface area (Å²) in [5.41, 5.74) is 7.25. The summed E-state index contributed by atoms with van der Waals surface area (Å²) in [6, 6.07) is 23.1. The molecule has 6 heteroatoms. The van der Waals surface area contributed by atoms with Gasteiger partial charge in [-0.1, -0.05) is 36.4 Å². The maximum Gasteiger partial charge on any atom is 0.170 e. The number of nitrogens with one attached hydrogen (secondary N) is 1. The third kappa shape index (κ3) is 4.26. The van der Waals surface area contributed by atoms with E-state index in [1.807, 2.05) is 42.9 Å². The molecule has 1 saturated heterocycles. The Bertz CT molecular complexity index is 1240. The highest BCUT2D eigenvalue weighted by atomic mass is 32.1. The van der Waals surface area contributed by atoms with E-state index >= 15 is 0 Å². The first-order chi connectivity index (χ1) is 16.1. The summed E-state index contributed by atoms with van der Waals surface area (Å²) in [6.45, 7) is 5.96. The summed E-state index contributed by atoms with van der Waals surface area (Å²) in [7, 11) is 0. The van der Waals surface area contributed by atoms with Gasteiger partial charge in [0.25, 0.3) is 0 Å². The summed E-state index contributed by atoms with van der Waals surface area (Å²) >= 11 is 5.85. The fourth-order valence-corrected chi connectivity index (χ4v) is 5.04. The molecule has 5 rings (SSSR count). The molecule has 166 valence electrons. The standard InChI is InChI=1S/C27H27N5S/c1-19-16-23(20(2)31(19)17-21-8-4-3-5-9-21)26-25(24-10-6-7-13-29-24)30-27(33)32(26)18-22-11-14-28-15-12-22/h3-16,25-26H,17-18H2,1-2H3,(H,30,33)/t25-,26+/m0/s1. The van der Waals surface area contributed by atoms with Gasteiger partial charge >= 0.3 is 0 Å². The van der Waals surface area contributed by atoms with Crippen molar-refractivity contribution < 1.29 is 0 Å². The van der Waals surface area contributed by atoms with Crippen molar-refractivity contribution in [1.29, 1.82) is 0 Å². The Labute approximate surface area is 200 Å². The number of nitrogens with zero attached hydrogens (tertiary/aromatic N) is 4. The lowest BCUT2D eigenvalue weighted by Crippen LogP contribution is -2.29. The van der Waals surface area contributed by atoms with Crippen LogP contribution in [-0.2, 0) is 13.1 Å². The molecule has 0 spiro atoms. The molecule has 0 unspecified atom stereocenters. The van der Waals surface area contributed by atoms with Crippen molar-refractivity contribution in [3.63, 3.8) is 0 Å². The van der Waals surface area contributed by atoms with Crippen LogP contribution in [0.1, 0.15) is 45.9 Å². The van der Waals surface area contributed by atoms with Crippen LogP contribution in [0.2, 0.25) is 0 Å². The van der Waals surface area contributed by atoms with E-state index in [9.17, 15) is 0 Å². The molecule has 0 saturated carbocycles. The van der Waals surface area contributed by atoms with Crippen LogP contribution in [-0.4, -0.2) is 24.5 Å². The summed E-state index contributed by atoms with van der Waals surface area (Å²) in [5.74, 6) is 0. The van der Waals surface area contributed by atoms with E-state index in [1.165, 1.54) is 28.1 Å². The van der Waals surface area contributed by atoms with E-state index in [-0.39, 0.29) is 12.1 Å². The Kier molecular flexibility index (Phi) is 5.92. The molecule has 3 aromatic heterocycles. The molecule has 1 fully saturated rings. The smallest absolute Gasteiger partial charge is 0.170 e. The molecular formula is C27H27N5S. The molecule has 4 heterocycles. The van der Waals surface area contributed by atoms with Crippen molar-refractivity contribution in [2.24, 2.45) is 0 Å². The zero-order chi connectivity index (χ0) is 22.8. The normalized spacial score (nSPS) is 17.9. The van der Waals surface area contributed by atoms with Gasteiger partial charge in [-0.25, -0.2) is 0 Å². The highest BCUT2D eigenvalue weighted by Crippen LogP contribution is 2.41. The predicted molar refractivity (Wildman–Crippen MR) is 135 cm³/mol. The summed E-state index contributed by atoms with van der Waals surface area (Å²) < 4.78 is 2.39. The van der Waals surface area contributed by atoms with E-state index < -0.39 is 0 Å². The van der Waals surface area contributed by atoms with Crippen LogP contribution in [0.3, 0.4) is 0 Å². The number of pyridine rings is 2. The van der Waals surface area contributed by atoms with Crippen molar-refractivity contribution >= 4 is 17.3 Å². The summed E-state index contributed by atoms with van der Waals surface area (Å²) in [6.07, 6.45) is 5.51. The molecule has 0 amide bonds. The molecule has 1 aromatic carbocycles. The average molecular weight is 454 g/mol. The lowest BCUT2D eigenvalue weighted by atomic mass is 9.96. The lowest BCUT2D eigenvalue weighted by molar-refractivity contribution is 0.309. The van der Waals surface area contributed by atoms with Gasteiger partial charge in [-0.15, -0.1) is 0 Å². The van der Waals surface area contributed by atoms with Crippen LogP contribution in [0.25, 0.3) is 0 Å². The van der Waals surface area contributed by atoms with E-state index in [2.05, 4.69) is 81.1 Å². The maximum absolute atomic E-state index is 5.85. The molecule has 1 aliphatic rings. The fourth-order valence-electron chi connectivity index (χ4n) is 4.74. The monoisotopic (exact) mass is 453 g/mol. The molecule has 0 aliphatic carbocycles. The average Bonchev–Trinajstić information content (AvgIpc) is 3.31. The Hall–Kier alpha value is -3.51. The number of aromatic nitrogens is 3. The third-order valence-electron chi connectivity index (χ3n) is 6.41. The number of hydrogen-bond acceptors (Lipinski definition) is 3. The third-order valence-corrected chi connectivity index (χ3v) is 6.77. The molecule has 5 nitrogen and oxygen atoms in total. The van der Waals surface area contributed by atoms with Gasteiger partial charge in [0.1, 0.15) is 0 Å². The predicted octanol–water partition coefficient (Wildman–Crippen LogP) is 5.12. The number of hydrogen-bond donors (Lipinski definition) is 1. The molecule has 33 heavy (non-hydrogen) atoms. The van der Waals surface area contributed by atoms with Gasteiger partial charge in [0.2, 0.25) is 0 Å². The number of rotatable bonds is 6. The van der Waals surface area contributed by atoms with Crippen LogP contribution in [0.15, 0.2) is 85.3 Å².